The van der Waals surface area contributed by atoms with Gasteiger partial charge < -0.3 is 19.7 Å². The van der Waals surface area contributed by atoms with Gasteiger partial charge in [-0.15, -0.1) is 0 Å². The second-order valence-electron chi connectivity index (χ2n) is 6.55. The number of nitrogens with zero attached hydrogens (tertiary/aromatic N) is 1. The number of ether oxygens (including phenoxy) is 2. The van der Waals surface area contributed by atoms with Gasteiger partial charge in [-0.2, -0.15) is 0 Å². The zero-order valence-electron chi connectivity index (χ0n) is 14.6. The highest BCUT2D eigenvalue weighted by Crippen LogP contribution is 2.42. The van der Waals surface area contributed by atoms with Crippen molar-refractivity contribution in [2.75, 3.05) is 33.8 Å². The fourth-order valence-electron chi connectivity index (χ4n) is 2.86. The van der Waals surface area contributed by atoms with Crippen LogP contribution in [0, 0.1) is 0 Å². The predicted molar refractivity (Wildman–Crippen MR) is 90.8 cm³/mol. The number of benzene rings is 1. The highest BCUT2D eigenvalue weighted by atomic mass is 16.5. The summed E-state index contributed by atoms with van der Waals surface area (Å²) in [4.78, 5) is 2.20. The molecule has 0 saturated heterocycles. The summed E-state index contributed by atoms with van der Waals surface area (Å²) >= 11 is 0. The van der Waals surface area contributed by atoms with Crippen LogP contribution in [0.25, 0.3) is 0 Å². The van der Waals surface area contributed by atoms with Crippen LogP contribution in [0.15, 0.2) is 18.2 Å². The van der Waals surface area contributed by atoms with Gasteiger partial charge in [0.25, 0.3) is 0 Å². The minimum atomic E-state index is -0.101. The third-order valence-electron chi connectivity index (χ3n) is 4.36. The number of likely N-dealkylation sites (N-methyl/N-ethyl adjacent to an activating group) is 1. The van der Waals surface area contributed by atoms with E-state index < -0.39 is 0 Å². The molecule has 1 aromatic carbocycles. The summed E-state index contributed by atoms with van der Waals surface area (Å²) in [7, 11) is 4.20. The average Bonchev–Trinajstić information content (AvgIpc) is 2.48. The van der Waals surface area contributed by atoms with E-state index >= 15 is 0 Å². The van der Waals surface area contributed by atoms with Gasteiger partial charge in [0, 0.05) is 31.1 Å². The Kier molecular flexibility index (Phi) is 5.70. The summed E-state index contributed by atoms with van der Waals surface area (Å²) in [6.07, 6.45) is 1.99. The molecule has 2 unspecified atom stereocenters. The molecule has 0 amide bonds. The van der Waals surface area contributed by atoms with Crippen LogP contribution < -0.4 is 14.8 Å². The first-order chi connectivity index (χ1) is 10.5. The molecule has 2 atom stereocenters. The van der Waals surface area contributed by atoms with Crippen molar-refractivity contribution >= 4 is 0 Å². The van der Waals surface area contributed by atoms with Crippen molar-refractivity contribution in [2.24, 2.45) is 0 Å². The molecule has 1 aliphatic rings. The van der Waals surface area contributed by atoms with E-state index in [1.807, 2.05) is 19.1 Å². The molecule has 0 bridgehead atoms. The minimum Gasteiger partial charge on any atom is -0.494 e. The highest BCUT2D eigenvalue weighted by Gasteiger charge is 2.36. The van der Waals surface area contributed by atoms with Gasteiger partial charge in [-0.05, 0) is 52.6 Å². The van der Waals surface area contributed by atoms with Crippen LogP contribution in [0.4, 0.5) is 0 Å². The van der Waals surface area contributed by atoms with Crippen LogP contribution in [0.1, 0.15) is 45.2 Å². The summed E-state index contributed by atoms with van der Waals surface area (Å²) in [5, 5.41) is 3.69. The third kappa shape index (κ3) is 4.14. The van der Waals surface area contributed by atoms with Gasteiger partial charge in [-0.3, -0.25) is 0 Å². The van der Waals surface area contributed by atoms with E-state index in [9.17, 15) is 0 Å². The maximum absolute atomic E-state index is 6.25. The van der Waals surface area contributed by atoms with Crippen molar-refractivity contribution in [3.05, 3.63) is 23.8 Å². The smallest absolute Gasteiger partial charge is 0.125 e. The number of nitrogens with one attached hydrogen (secondary N) is 1. The van der Waals surface area contributed by atoms with Crippen LogP contribution in [0.3, 0.4) is 0 Å². The lowest BCUT2D eigenvalue weighted by molar-refractivity contribution is 0.0438. The summed E-state index contributed by atoms with van der Waals surface area (Å²) < 4.78 is 11.9. The number of hydrogen-bond acceptors (Lipinski definition) is 4. The number of fused-ring (bicyclic) bond motifs is 1. The molecule has 0 saturated carbocycles. The Balaban J connectivity index is 2.21. The van der Waals surface area contributed by atoms with Gasteiger partial charge in [0.2, 0.25) is 0 Å². The van der Waals surface area contributed by atoms with Gasteiger partial charge in [0.05, 0.1) is 6.61 Å². The Labute approximate surface area is 134 Å². The molecule has 1 heterocycles. The minimum absolute atomic E-state index is 0.101. The van der Waals surface area contributed by atoms with E-state index in [1.165, 1.54) is 5.56 Å². The van der Waals surface area contributed by atoms with Gasteiger partial charge in [-0.1, -0.05) is 6.92 Å². The molecule has 1 N–H and O–H groups in total. The van der Waals surface area contributed by atoms with E-state index in [0.717, 1.165) is 37.4 Å². The predicted octanol–water partition coefficient (Wildman–Crippen LogP) is 3.23. The topological polar surface area (TPSA) is 33.7 Å². The Morgan fingerprint density at radius 3 is 2.77 bits per heavy atom. The first kappa shape index (κ1) is 17.1. The Morgan fingerprint density at radius 2 is 2.14 bits per heavy atom. The largest absolute Gasteiger partial charge is 0.494 e. The fraction of sp³-hybridized carbons (Fsp3) is 0.667. The quantitative estimate of drug-likeness (QED) is 0.838. The Bertz CT molecular complexity index is 490. The molecule has 2 rings (SSSR count). The molecule has 22 heavy (non-hydrogen) atoms. The molecule has 124 valence electrons. The van der Waals surface area contributed by atoms with Crippen LogP contribution in [0.5, 0.6) is 11.5 Å². The summed E-state index contributed by atoms with van der Waals surface area (Å²) in [5.41, 5.74) is 1.12. The zero-order chi connectivity index (χ0) is 16.2. The lowest BCUT2D eigenvalue weighted by atomic mass is 9.86. The maximum Gasteiger partial charge on any atom is 0.125 e. The van der Waals surface area contributed by atoms with Gasteiger partial charge >= 0.3 is 0 Å². The number of hydrogen-bond donors (Lipinski definition) is 1. The fourth-order valence-corrected chi connectivity index (χ4v) is 2.86. The molecule has 0 fully saturated rings. The molecule has 0 aromatic heterocycles. The van der Waals surface area contributed by atoms with Crippen molar-refractivity contribution in [3.8, 4) is 11.5 Å². The van der Waals surface area contributed by atoms with Crippen molar-refractivity contribution < 1.29 is 9.47 Å². The lowest BCUT2D eigenvalue weighted by Crippen LogP contribution is -2.42. The van der Waals surface area contributed by atoms with Crippen LogP contribution >= 0.6 is 0 Å². The standard InChI is InChI=1S/C18H30N2O2/c1-6-18(3)13-16(19-10-11-20(4)5)15-12-14(21-7-2)8-9-17(15)22-18/h8-9,12,16,19H,6-7,10-11,13H2,1-5H3. The third-order valence-corrected chi connectivity index (χ3v) is 4.36. The molecular formula is C18H30N2O2. The van der Waals surface area contributed by atoms with Crippen LogP contribution in [-0.4, -0.2) is 44.3 Å². The molecule has 0 radical (unpaired) electrons. The Morgan fingerprint density at radius 1 is 1.36 bits per heavy atom. The monoisotopic (exact) mass is 306 g/mol. The van der Waals surface area contributed by atoms with E-state index in [4.69, 9.17) is 9.47 Å². The van der Waals surface area contributed by atoms with Gasteiger partial charge in [0.1, 0.15) is 17.1 Å². The molecule has 0 aliphatic carbocycles. The van der Waals surface area contributed by atoms with Gasteiger partial charge in [0.15, 0.2) is 0 Å². The van der Waals surface area contributed by atoms with Crippen LogP contribution in [-0.2, 0) is 0 Å². The normalized spacial score (nSPS) is 24.0. The molecule has 4 heteroatoms. The van der Waals surface area contributed by atoms with Crippen molar-refractivity contribution in [3.63, 3.8) is 0 Å². The van der Waals surface area contributed by atoms with E-state index in [1.54, 1.807) is 0 Å². The van der Waals surface area contributed by atoms with E-state index in [2.05, 4.69) is 44.2 Å². The lowest BCUT2D eigenvalue weighted by Gasteiger charge is -2.40. The Hall–Kier alpha value is -1.26. The second-order valence-corrected chi connectivity index (χ2v) is 6.55. The summed E-state index contributed by atoms with van der Waals surface area (Å²) in [5.74, 6) is 1.91. The molecule has 1 aromatic rings. The average molecular weight is 306 g/mol. The first-order valence-corrected chi connectivity index (χ1v) is 8.31. The van der Waals surface area contributed by atoms with Crippen molar-refractivity contribution in [1.29, 1.82) is 0 Å². The second kappa shape index (κ2) is 7.34. The van der Waals surface area contributed by atoms with Crippen LogP contribution in [0.2, 0.25) is 0 Å². The molecule has 1 aliphatic heterocycles. The summed E-state index contributed by atoms with van der Waals surface area (Å²) in [6, 6.07) is 6.49. The van der Waals surface area contributed by atoms with E-state index in [-0.39, 0.29) is 5.60 Å². The summed E-state index contributed by atoms with van der Waals surface area (Å²) in [6.45, 7) is 9.09. The van der Waals surface area contributed by atoms with E-state index in [0.29, 0.717) is 12.6 Å². The molecular weight excluding hydrogens is 276 g/mol. The zero-order valence-corrected chi connectivity index (χ0v) is 14.6. The maximum atomic E-state index is 6.25. The highest BCUT2D eigenvalue weighted by molar-refractivity contribution is 5.44. The first-order valence-electron chi connectivity index (χ1n) is 8.31. The van der Waals surface area contributed by atoms with Crippen molar-refractivity contribution in [1.82, 2.24) is 10.2 Å². The molecule has 0 spiro atoms. The van der Waals surface area contributed by atoms with Gasteiger partial charge in [-0.25, -0.2) is 0 Å². The SMILES string of the molecule is CCOc1ccc2c(c1)C(NCCN(C)C)CC(C)(CC)O2. The number of rotatable bonds is 7. The molecule has 4 nitrogen and oxygen atoms in total. The van der Waals surface area contributed by atoms with Crippen molar-refractivity contribution in [2.45, 2.75) is 45.3 Å².